The van der Waals surface area contributed by atoms with Crippen molar-refractivity contribution >= 4 is 39.1 Å². The lowest BCUT2D eigenvalue weighted by molar-refractivity contribution is 0.415. The molecule has 5 heteroatoms. The van der Waals surface area contributed by atoms with Crippen molar-refractivity contribution in [1.82, 2.24) is 10.3 Å². The number of rotatable bonds is 8. The van der Waals surface area contributed by atoms with E-state index in [1.165, 1.54) is 5.56 Å². The molecule has 0 spiro atoms. The van der Waals surface area contributed by atoms with Gasteiger partial charge in [-0.1, -0.05) is 41.9 Å². The summed E-state index contributed by atoms with van der Waals surface area (Å²) < 4.78 is 5.42. The van der Waals surface area contributed by atoms with E-state index >= 15 is 0 Å². The van der Waals surface area contributed by atoms with Crippen molar-refractivity contribution in [3.8, 4) is 5.75 Å². The van der Waals surface area contributed by atoms with Crippen molar-refractivity contribution in [2.24, 2.45) is 0 Å². The molecule has 4 nitrogen and oxygen atoms in total. The number of anilines is 1. The maximum atomic E-state index is 6.19. The quantitative estimate of drug-likeness (QED) is 0.294. The van der Waals surface area contributed by atoms with Crippen LogP contribution in [-0.4, -0.2) is 25.2 Å². The van der Waals surface area contributed by atoms with Gasteiger partial charge < -0.3 is 15.4 Å². The van der Waals surface area contributed by atoms with Crippen LogP contribution in [0.15, 0.2) is 66.7 Å². The molecule has 0 saturated carbocycles. The van der Waals surface area contributed by atoms with Crippen LogP contribution in [0.1, 0.15) is 12.0 Å². The third-order valence-electron chi connectivity index (χ3n) is 4.95. The Morgan fingerprint density at radius 1 is 0.897 bits per heavy atom. The molecular formula is C24H24ClN3O. The highest BCUT2D eigenvalue weighted by molar-refractivity contribution is 6.31. The first-order valence-corrected chi connectivity index (χ1v) is 10.2. The Labute approximate surface area is 175 Å². The summed E-state index contributed by atoms with van der Waals surface area (Å²) in [6.45, 7) is 2.69. The molecule has 1 heterocycles. The second kappa shape index (κ2) is 9.12. The summed E-state index contributed by atoms with van der Waals surface area (Å²) >= 11 is 6.19. The number of fused-ring (bicyclic) bond motifs is 2. The minimum Gasteiger partial charge on any atom is -0.497 e. The third kappa shape index (κ3) is 4.61. The summed E-state index contributed by atoms with van der Waals surface area (Å²) in [5, 5.41) is 9.92. The highest BCUT2D eigenvalue weighted by Gasteiger charge is 2.10. The fourth-order valence-corrected chi connectivity index (χ4v) is 3.64. The molecule has 0 unspecified atom stereocenters. The van der Waals surface area contributed by atoms with Crippen LogP contribution >= 0.6 is 11.6 Å². The van der Waals surface area contributed by atoms with Crippen molar-refractivity contribution in [2.45, 2.75) is 13.0 Å². The largest absolute Gasteiger partial charge is 0.497 e. The number of aromatic nitrogens is 1. The Bertz CT molecular complexity index is 1120. The smallest absolute Gasteiger partial charge is 0.119 e. The Morgan fingerprint density at radius 2 is 1.76 bits per heavy atom. The second-order valence-electron chi connectivity index (χ2n) is 6.97. The number of benzene rings is 3. The molecule has 4 aromatic rings. The van der Waals surface area contributed by atoms with Gasteiger partial charge >= 0.3 is 0 Å². The molecule has 0 saturated heterocycles. The van der Waals surface area contributed by atoms with E-state index in [1.54, 1.807) is 7.11 Å². The molecule has 1 aromatic heterocycles. The van der Waals surface area contributed by atoms with E-state index in [0.29, 0.717) is 5.02 Å². The summed E-state index contributed by atoms with van der Waals surface area (Å²) in [5.74, 6) is 0.820. The lowest BCUT2D eigenvalue weighted by Crippen LogP contribution is -2.17. The first kappa shape index (κ1) is 19.5. The first-order chi connectivity index (χ1) is 14.2. The number of pyridine rings is 1. The van der Waals surface area contributed by atoms with Gasteiger partial charge in [0.15, 0.2) is 0 Å². The van der Waals surface area contributed by atoms with Crippen LogP contribution < -0.4 is 15.4 Å². The number of hydrogen-bond acceptors (Lipinski definition) is 4. The maximum absolute atomic E-state index is 6.19. The molecule has 4 rings (SSSR count). The van der Waals surface area contributed by atoms with Crippen LogP contribution in [0.2, 0.25) is 5.02 Å². The SMILES string of the molecule is COc1ccc2nc3cc(Cl)ccc3c(NCCCNCc3ccccc3)c2c1. The number of halogens is 1. The number of ether oxygens (including phenoxy) is 1. The van der Waals surface area contributed by atoms with Crippen molar-refractivity contribution < 1.29 is 4.74 Å². The van der Waals surface area contributed by atoms with Gasteiger partial charge in [0.1, 0.15) is 5.75 Å². The first-order valence-electron chi connectivity index (χ1n) is 9.80. The van der Waals surface area contributed by atoms with E-state index in [0.717, 1.165) is 59.3 Å². The Kier molecular flexibility index (Phi) is 6.13. The van der Waals surface area contributed by atoms with Gasteiger partial charge in [-0.25, -0.2) is 4.98 Å². The Hall–Kier alpha value is -2.82. The Morgan fingerprint density at radius 3 is 2.59 bits per heavy atom. The normalized spacial score (nSPS) is 11.1. The maximum Gasteiger partial charge on any atom is 0.119 e. The molecule has 0 aliphatic heterocycles. The zero-order valence-electron chi connectivity index (χ0n) is 16.4. The summed E-state index contributed by atoms with van der Waals surface area (Å²) in [4.78, 5) is 4.77. The Balaban J connectivity index is 1.49. The van der Waals surface area contributed by atoms with Gasteiger partial charge in [-0.05, 0) is 54.9 Å². The van der Waals surface area contributed by atoms with E-state index in [1.807, 2.05) is 42.5 Å². The molecule has 0 radical (unpaired) electrons. The van der Waals surface area contributed by atoms with Crippen LogP contribution in [0, 0.1) is 0 Å². The van der Waals surface area contributed by atoms with Gasteiger partial charge in [-0.3, -0.25) is 0 Å². The lowest BCUT2D eigenvalue weighted by Gasteiger charge is -2.14. The van der Waals surface area contributed by atoms with Crippen LogP contribution in [0.4, 0.5) is 5.69 Å². The van der Waals surface area contributed by atoms with E-state index in [-0.39, 0.29) is 0 Å². The standard InChI is InChI=1S/C24H24ClN3O/c1-29-19-9-11-22-21(15-19)24(20-10-8-18(25)14-23(20)28-22)27-13-5-12-26-16-17-6-3-2-4-7-17/h2-4,6-11,14-15,26H,5,12-13,16H2,1H3,(H,27,28). The summed E-state index contributed by atoms with van der Waals surface area (Å²) in [5.41, 5.74) is 4.18. The summed E-state index contributed by atoms with van der Waals surface area (Å²) in [7, 11) is 1.68. The van der Waals surface area contributed by atoms with Gasteiger partial charge in [-0.2, -0.15) is 0 Å². The molecule has 0 aliphatic carbocycles. The predicted octanol–water partition coefficient (Wildman–Crippen LogP) is 5.64. The molecule has 29 heavy (non-hydrogen) atoms. The predicted molar refractivity (Wildman–Crippen MR) is 122 cm³/mol. The fraction of sp³-hybridized carbons (Fsp3) is 0.208. The lowest BCUT2D eigenvalue weighted by atomic mass is 10.1. The third-order valence-corrected chi connectivity index (χ3v) is 5.18. The van der Waals surface area contributed by atoms with Gasteiger partial charge in [-0.15, -0.1) is 0 Å². The van der Waals surface area contributed by atoms with Crippen molar-refractivity contribution in [1.29, 1.82) is 0 Å². The molecule has 0 fully saturated rings. The average molecular weight is 406 g/mol. The number of methoxy groups -OCH3 is 1. The van der Waals surface area contributed by atoms with Crippen molar-refractivity contribution in [3.05, 3.63) is 77.3 Å². The second-order valence-corrected chi connectivity index (χ2v) is 7.41. The van der Waals surface area contributed by atoms with E-state index in [9.17, 15) is 0 Å². The molecule has 0 aliphatic rings. The molecule has 0 atom stereocenters. The topological polar surface area (TPSA) is 46.2 Å². The highest BCUT2D eigenvalue weighted by atomic mass is 35.5. The van der Waals surface area contributed by atoms with Crippen LogP contribution in [0.25, 0.3) is 21.8 Å². The summed E-state index contributed by atoms with van der Waals surface area (Å²) in [6, 6.07) is 22.3. The van der Waals surface area contributed by atoms with Gasteiger partial charge in [0.2, 0.25) is 0 Å². The van der Waals surface area contributed by atoms with Crippen molar-refractivity contribution in [3.63, 3.8) is 0 Å². The van der Waals surface area contributed by atoms with E-state index < -0.39 is 0 Å². The average Bonchev–Trinajstić information content (AvgIpc) is 2.75. The van der Waals surface area contributed by atoms with Crippen LogP contribution in [-0.2, 0) is 6.54 Å². The molecule has 2 N–H and O–H groups in total. The molecule has 0 amide bonds. The molecular weight excluding hydrogens is 382 g/mol. The van der Waals surface area contributed by atoms with Crippen molar-refractivity contribution in [2.75, 3.05) is 25.5 Å². The van der Waals surface area contributed by atoms with Gasteiger partial charge in [0, 0.05) is 28.9 Å². The zero-order chi connectivity index (χ0) is 20.1. The summed E-state index contributed by atoms with van der Waals surface area (Å²) in [6.07, 6.45) is 1.01. The number of nitrogens with one attached hydrogen (secondary N) is 2. The molecule has 148 valence electrons. The monoisotopic (exact) mass is 405 g/mol. The fourth-order valence-electron chi connectivity index (χ4n) is 3.47. The zero-order valence-corrected chi connectivity index (χ0v) is 17.2. The number of hydrogen-bond donors (Lipinski definition) is 2. The minimum atomic E-state index is 0.689. The van der Waals surface area contributed by atoms with Crippen LogP contribution in [0.3, 0.4) is 0 Å². The molecule has 3 aromatic carbocycles. The number of nitrogens with zero attached hydrogens (tertiary/aromatic N) is 1. The highest BCUT2D eigenvalue weighted by Crippen LogP contribution is 2.34. The van der Waals surface area contributed by atoms with Gasteiger partial charge in [0.05, 0.1) is 23.8 Å². The van der Waals surface area contributed by atoms with Gasteiger partial charge in [0.25, 0.3) is 0 Å². The minimum absolute atomic E-state index is 0.689. The van der Waals surface area contributed by atoms with E-state index in [2.05, 4.69) is 34.9 Å². The van der Waals surface area contributed by atoms with Crippen LogP contribution in [0.5, 0.6) is 5.75 Å². The van der Waals surface area contributed by atoms with E-state index in [4.69, 9.17) is 21.3 Å². The molecule has 0 bridgehead atoms.